The van der Waals surface area contributed by atoms with Crippen LogP contribution in [0.25, 0.3) is 0 Å². The molecule has 0 saturated carbocycles. The van der Waals surface area contributed by atoms with Gasteiger partial charge in [-0.1, -0.05) is 0 Å². The third-order valence-electron chi connectivity index (χ3n) is 2.62. The van der Waals surface area contributed by atoms with Crippen molar-refractivity contribution in [1.82, 2.24) is 4.98 Å². The Balaban J connectivity index is 2.49. The van der Waals surface area contributed by atoms with Crippen LogP contribution < -0.4 is 4.90 Å². The van der Waals surface area contributed by atoms with Gasteiger partial charge < -0.3 is 0 Å². The minimum atomic E-state index is -0.521. The van der Waals surface area contributed by atoms with E-state index in [0.717, 1.165) is 0 Å². The van der Waals surface area contributed by atoms with Gasteiger partial charge >= 0.3 is 5.69 Å². The molecular formula is C10H10ClN3O3. The zero-order chi connectivity index (χ0) is 12.6. The number of halogens is 1. The fourth-order valence-electron chi connectivity index (χ4n) is 1.83. The summed E-state index contributed by atoms with van der Waals surface area (Å²) in [6.45, 7) is 1.87. The fraction of sp³-hybridized carbons (Fsp3) is 0.400. The molecule has 6 nitrogen and oxygen atoms in total. The molecule has 1 aromatic heterocycles. The van der Waals surface area contributed by atoms with E-state index in [1.54, 1.807) is 13.0 Å². The Morgan fingerprint density at radius 1 is 1.65 bits per heavy atom. The van der Waals surface area contributed by atoms with Crippen molar-refractivity contribution in [3.8, 4) is 0 Å². The van der Waals surface area contributed by atoms with Gasteiger partial charge in [0.2, 0.25) is 11.7 Å². The highest BCUT2D eigenvalue weighted by atomic mass is 35.5. The van der Waals surface area contributed by atoms with Gasteiger partial charge in [0.25, 0.3) is 0 Å². The average Bonchev–Trinajstić information content (AvgIpc) is 2.56. The van der Waals surface area contributed by atoms with Crippen LogP contribution in [0.15, 0.2) is 12.3 Å². The minimum Gasteiger partial charge on any atom is -0.289 e. The Kier molecular flexibility index (Phi) is 2.97. The molecule has 1 aromatic rings. The Morgan fingerprint density at radius 3 is 2.88 bits per heavy atom. The number of hydrogen-bond acceptors (Lipinski definition) is 4. The summed E-state index contributed by atoms with van der Waals surface area (Å²) in [6.07, 6.45) is 1.64. The summed E-state index contributed by atoms with van der Waals surface area (Å²) < 4.78 is 0. The number of rotatable bonds is 2. The van der Waals surface area contributed by atoms with Crippen LogP contribution in [0.2, 0.25) is 0 Å². The Hall–Kier alpha value is -1.69. The first kappa shape index (κ1) is 11.8. The molecule has 1 atom stereocenters. The van der Waals surface area contributed by atoms with Crippen molar-refractivity contribution in [2.75, 3.05) is 11.4 Å². The number of amides is 1. The second-order valence-corrected chi connectivity index (χ2v) is 4.48. The van der Waals surface area contributed by atoms with Crippen LogP contribution in [-0.4, -0.2) is 27.7 Å². The normalized spacial score (nSPS) is 19.8. The van der Waals surface area contributed by atoms with Gasteiger partial charge in [-0.15, -0.1) is 11.6 Å². The number of carbonyl (C=O) groups is 1. The second-order valence-electron chi connectivity index (χ2n) is 3.86. The predicted octanol–water partition coefficient (Wildman–Crippen LogP) is 1.64. The first-order valence-electron chi connectivity index (χ1n) is 5.05. The molecule has 0 bridgehead atoms. The summed E-state index contributed by atoms with van der Waals surface area (Å²) >= 11 is 5.86. The lowest BCUT2D eigenvalue weighted by molar-refractivity contribution is -0.384. The molecule has 0 N–H and O–H groups in total. The monoisotopic (exact) mass is 255 g/mol. The lowest BCUT2D eigenvalue weighted by atomic mass is 10.2. The molecule has 2 heterocycles. The van der Waals surface area contributed by atoms with Gasteiger partial charge in [-0.05, 0) is 13.0 Å². The van der Waals surface area contributed by atoms with Crippen LogP contribution in [0.1, 0.15) is 12.0 Å². The van der Waals surface area contributed by atoms with E-state index >= 15 is 0 Å². The van der Waals surface area contributed by atoms with Crippen molar-refractivity contribution in [1.29, 1.82) is 0 Å². The molecule has 1 unspecified atom stereocenters. The maximum absolute atomic E-state index is 11.7. The van der Waals surface area contributed by atoms with Crippen molar-refractivity contribution in [2.45, 2.75) is 18.7 Å². The van der Waals surface area contributed by atoms with Crippen molar-refractivity contribution >= 4 is 29.0 Å². The van der Waals surface area contributed by atoms with Gasteiger partial charge in [-0.3, -0.25) is 19.8 Å². The molecule has 0 aromatic carbocycles. The summed E-state index contributed by atoms with van der Waals surface area (Å²) in [5.41, 5.74) is 0.345. The zero-order valence-electron chi connectivity index (χ0n) is 9.09. The van der Waals surface area contributed by atoms with Crippen LogP contribution >= 0.6 is 11.6 Å². The van der Waals surface area contributed by atoms with E-state index in [-0.39, 0.29) is 35.8 Å². The van der Waals surface area contributed by atoms with E-state index in [1.165, 1.54) is 11.1 Å². The number of aryl methyl sites for hydroxylation is 1. The van der Waals surface area contributed by atoms with E-state index in [0.29, 0.717) is 5.56 Å². The van der Waals surface area contributed by atoms with Gasteiger partial charge in [0, 0.05) is 24.7 Å². The highest BCUT2D eigenvalue weighted by Gasteiger charge is 2.34. The van der Waals surface area contributed by atoms with Gasteiger partial charge in [-0.2, -0.15) is 0 Å². The van der Waals surface area contributed by atoms with Crippen molar-refractivity contribution in [2.24, 2.45) is 0 Å². The summed E-state index contributed by atoms with van der Waals surface area (Å²) in [7, 11) is 0. The molecular weight excluding hydrogens is 246 g/mol. The third kappa shape index (κ3) is 2.08. The topological polar surface area (TPSA) is 76.3 Å². The van der Waals surface area contributed by atoms with Crippen LogP contribution in [-0.2, 0) is 4.79 Å². The number of anilines is 1. The van der Waals surface area contributed by atoms with Gasteiger partial charge in [0.1, 0.15) is 0 Å². The SMILES string of the molecule is Cc1ccnc(N2CC(Cl)CC2=O)c1[N+](=O)[O-]. The lowest BCUT2D eigenvalue weighted by Gasteiger charge is -2.15. The van der Waals surface area contributed by atoms with Gasteiger partial charge in [0.05, 0.1) is 10.3 Å². The molecule has 90 valence electrons. The molecule has 1 saturated heterocycles. The number of nitro groups is 1. The highest BCUT2D eigenvalue weighted by Crippen LogP contribution is 2.32. The van der Waals surface area contributed by atoms with Crippen LogP contribution in [0.4, 0.5) is 11.5 Å². The minimum absolute atomic E-state index is 0.0863. The highest BCUT2D eigenvalue weighted by molar-refractivity contribution is 6.24. The van der Waals surface area contributed by atoms with Crippen molar-refractivity contribution in [3.63, 3.8) is 0 Å². The lowest BCUT2D eigenvalue weighted by Crippen LogP contribution is -2.26. The smallest absolute Gasteiger partial charge is 0.289 e. The van der Waals surface area contributed by atoms with Gasteiger partial charge in [0.15, 0.2) is 0 Å². The van der Waals surface area contributed by atoms with E-state index < -0.39 is 4.92 Å². The Bertz CT molecular complexity index is 492. The summed E-state index contributed by atoms with van der Waals surface area (Å²) in [6, 6.07) is 1.54. The standard InChI is InChI=1S/C10H10ClN3O3/c1-6-2-3-12-10(9(6)14(16)17)13-5-7(11)4-8(13)15/h2-3,7H,4-5H2,1H3. The molecule has 1 amide bonds. The molecule has 2 rings (SSSR count). The molecule has 1 aliphatic heterocycles. The first-order valence-corrected chi connectivity index (χ1v) is 5.48. The molecule has 0 spiro atoms. The van der Waals surface area contributed by atoms with E-state index in [9.17, 15) is 14.9 Å². The van der Waals surface area contributed by atoms with Crippen molar-refractivity contribution < 1.29 is 9.72 Å². The summed E-state index contributed by atoms with van der Waals surface area (Å²) in [5.74, 6) is -0.144. The number of aromatic nitrogens is 1. The molecule has 0 radical (unpaired) electrons. The molecule has 17 heavy (non-hydrogen) atoms. The maximum Gasteiger partial charge on any atom is 0.314 e. The molecule has 7 heteroatoms. The van der Waals surface area contributed by atoms with Crippen molar-refractivity contribution in [3.05, 3.63) is 27.9 Å². The summed E-state index contributed by atoms with van der Waals surface area (Å²) in [4.78, 5) is 27.3. The largest absolute Gasteiger partial charge is 0.314 e. The Morgan fingerprint density at radius 2 is 2.35 bits per heavy atom. The number of alkyl halides is 1. The Labute approximate surface area is 102 Å². The van der Waals surface area contributed by atoms with Crippen LogP contribution in [0, 0.1) is 17.0 Å². The van der Waals surface area contributed by atoms with Crippen LogP contribution in [0.3, 0.4) is 0 Å². The molecule has 1 fully saturated rings. The van der Waals surface area contributed by atoms with E-state index in [1.807, 2.05) is 0 Å². The van der Waals surface area contributed by atoms with E-state index in [2.05, 4.69) is 4.98 Å². The second kappa shape index (κ2) is 4.29. The van der Waals surface area contributed by atoms with Gasteiger partial charge in [-0.25, -0.2) is 4.98 Å². The predicted molar refractivity (Wildman–Crippen MR) is 62.2 cm³/mol. The average molecular weight is 256 g/mol. The fourth-order valence-corrected chi connectivity index (χ4v) is 2.10. The molecule has 0 aliphatic carbocycles. The zero-order valence-corrected chi connectivity index (χ0v) is 9.85. The molecule has 1 aliphatic rings. The van der Waals surface area contributed by atoms with Crippen LogP contribution in [0.5, 0.6) is 0 Å². The quantitative estimate of drug-likeness (QED) is 0.457. The number of pyridine rings is 1. The number of carbonyl (C=O) groups excluding carboxylic acids is 1. The maximum atomic E-state index is 11.7. The first-order chi connectivity index (χ1) is 8.00. The number of hydrogen-bond donors (Lipinski definition) is 0. The number of nitrogens with zero attached hydrogens (tertiary/aromatic N) is 3. The third-order valence-corrected chi connectivity index (χ3v) is 2.92. The summed E-state index contributed by atoms with van der Waals surface area (Å²) in [5, 5.41) is 10.7. The van der Waals surface area contributed by atoms with E-state index in [4.69, 9.17) is 11.6 Å².